The van der Waals surface area contributed by atoms with Crippen LogP contribution in [0, 0.1) is 16.7 Å². The van der Waals surface area contributed by atoms with E-state index in [9.17, 15) is 9.59 Å². The van der Waals surface area contributed by atoms with Crippen LogP contribution in [0.3, 0.4) is 0 Å². The van der Waals surface area contributed by atoms with Crippen LogP contribution in [-0.4, -0.2) is 62.1 Å². The molecule has 6 heteroatoms. The molecule has 2 amide bonds. The van der Waals surface area contributed by atoms with E-state index >= 15 is 0 Å². The molecule has 0 unspecified atom stereocenters. The number of piperidine rings is 1. The minimum atomic E-state index is -0.461. The third kappa shape index (κ3) is 8.38. The average Bonchev–Trinajstić information content (AvgIpc) is 2.73. The Labute approximate surface area is 190 Å². The molecule has 2 heterocycles. The monoisotopic (exact) mass is 437 g/mol. The number of rotatable bonds is 4. The summed E-state index contributed by atoms with van der Waals surface area (Å²) in [4.78, 5) is 29.0. The van der Waals surface area contributed by atoms with Crippen molar-refractivity contribution in [3.63, 3.8) is 0 Å². The van der Waals surface area contributed by atoms with Crippen molar-refractivity contribution >= 4 is 11.8 Å². The zero-order chi connectivity index (χ0) is 22.9. The lowest BCUT2D eigenvalue weighted by Gasteiger charge is -2.42. The van der Waals surface area contributed by atoms with Crippen molar-refractivity contribution in [2.75, 3.05) is 39.4 Å². The Kier molecular flexibility index (Phi) is 10.3. The number of nitrogens with zero attached hydrogens (tertiary/aromatic N) is 1. The number of carbonyl (C=O) groups is 2. The normalized spacial score (nSPS) is 26.0. The first-order valence-electron chi connectivity index (χ1n) is 12.6. The molecule has 180 valence electrons. The standard InChI is InChI=1S/C25H47N3O3/c1-6-20(2)21-22(29)26-14-9-19-31-18-8-7-10-25(23(30)27-21)12-16-28(17-13-25)15-11-24(3,4)5/h20-21H,6-19H2,1-5H3,(H,26,29)(H,27,30)/t20-,21-/m0/s1. The summed E-state index contributed by atoms with van der Waals surface area (Å²) in [6.07, 6.45) is 7.44. The molecule has 2 N–H and O–H groups in total. The number of likely N-dealkylation sites (tertiary alicyclic amines) is 1. The quantitative estimate of drug-likeness (QED) is 0.703. The van der Waals surface area contributed by atoms with E-state index in [1.807, 2.05) is 0 Å². The molecule has 0 bridgehead atoms. The summed E-state index contributed by atoms with van der Waals surface area (Å²) in [5, 5.41) is 6.21. The molecular formula is C25H47N3O3. The van der Waals surface area contributed by atoms with Gasteiger partial charge in [0.1, 0.15) is 6.04 Å². The lowest BCUT2D eigenvalue weighted by atomic mass is 9.73. The van der Waals surface area contributed by atoms with Crippen molar-refractivity contribution in [1.82, 2.24) is 15.5 Å². The van der Waals surface area contributed by atoms with Gasteiger partial charge in [-0.3, -0.25) is 9.59 Å². The SMILES string of the molecule is CC[C@H](C)[C@@H]1NC(=O)C2(CCCCOCCCNC1=O)CCN(CCC(C)(C)C)CC2. The molecule has 2 saturated heterocycles. The van der Waals surface area contributed by atoms with Gasteiger partial charge in [-0.2, -0.15) is 0 Å². The van der Waals surface area contributed by atoms with E-state index < -0.39 is 6.04 Å². The van der Waals surface area contributed by atoms with Gasteiger partial charge in [0.15, 0.2) is 0 Å². The Morgan fingerprint density at radius 1 is 1.10 bits per heavy atom. The second-order valence-electron chi connectivity index (χ2n) is 11.0. The van der Waals surface area contributed by atoms with Crippen LogP contribution in [0.2, 0.25) is 0 Å². The van der Waals surface area contributed by atoms with E-state index in [1.54, 1.807) is 0 Å². The summed E-state index contributed by atoms with van der Waals surface area (Å²) in [6, 6.07) is -0.461. The molecule has 0 aromatic heterocycles. The Bertz CT molecular complexity index is 565. The highest BCUT2D eigenvalue weighted by molar-refractivity contribution is 5.90. The molecule has 0 aromatic rings. The van der Waals surface area contributed by atoms with Crippen molar-refractivity contribution in [2.45, 2.75) is 92.0 Å². The first kappa shape index (κ1) is 26.1. The lowest BCUT2D eigenvalue weighted by molar-refractivity contribution is -0.139. The fraction of sp³-hybridized carbons (Fsp3) is 0.920. The first-order chi connectivity index (χ1) is 14.7. The smallest absolute Gasteiger partial charge is 0.242 e. The van der Waals surface area contributed by atoms with Crippen LogP contribution in [0.15, 0.2) is 0 Å². The summed E-state index contributed by atoms with van der Waals surface area (Å²) < 4.78 is 5.73. The Hall–Kier alpha value is -1.14. The van der Waals surface area contributed by atoms with Gasteiger partial charge in [-0.15, -0.1) is 0 Å². The van der Waals surface area contributed by atoms with Gasteiger partial charge in [0, 0.05) is 19.8 Å². The third-order valence-corrected chi connectivity index (χ3v) is 7.21. The van der Waals surface area contributed by atoms with Crippen LogP contribution < -0.4 is 10.6 Å². The van der Waals surface area contributed by atoms with Gasteiger partial charge in [-0.05, 0) is 69.5 Å². The summed E-state index contributed by atoms with van der Waals surface area (Å²) in [5.41, 5.74) is -0.0396. The number of ether oxygens (including phenoxy) is 1. The van der Waals surface area contributed by atoms with E-state index in [0.29, 0.717) is 18.6 Å². The topological polar surface area (TPSA) is 70.7 Å². The molecule has 2 aliphatic heterocycles. The highest BCUT2D eigenvalue weighted by Gasteiger charge is 2.42. The largest absolute Gasteiger partial charge is 0.381 e. The molecule has 2 aliphatic rings. The van der Waals surface area contributed by atoms with Gasteiger partial charge >= 0.3 is 0 Å². The fourth-order valence-electron chi connectivity index (χ4n) is 4.55. The third-order valence-electron chi connectivity index (χ3n) is 7.21. The molecule has 31 heavy (non-hydrogen) atoms. The molecule has 6 nitrogen and oxygen atoms in total. The van der Waals surface area contributed by atoms with Gasteiger partial charge in [0.25, 0.3) is 0 Å². The van der Waals surface area contributed by atoms with E-state index in [2.05, 4.69) is 50.2 Å². The number of nitrogens with one attached hydrogen (secondary N) is 2. The summed E-state index contributed by atoms with van der Waals surface area (Å²) in [5.74, 6) is 0.135. The maximum atomic E-state index is 13.6. The second kappa shape index (κ2) is 12.2. The first-order valence-corrected chi connectivity index (χ1v) is 12.6. The minimum absolute atomic E-state index is 0.0578. The molecule has 0 saturated carbocycles. The average molecular weight is 438 g/mol. The molecule has 2 fully saturated rings. The van der Waals surface area contributed by atoms with Crippen LogP contribution >= 0.6 is 0 Å². The number of carbonyl (C=O) groups excluding carboxylic acids is 2. The Morgan fingerprint density at radius 3 is 2.42 bits per heavy atom. The van der Waals surface area contributed by atoms with Crippen LogP contribution in [0.25, 0.3) is 0 Å². The predicted octanol–water partition coefficient (Wildman–Crippen LogP) is 3.74. The van der Waals surface area contributed by atoms with E-state index in [1.165, 1.54) is 6.42 Å². The van der Waals surface area contributed by atoms with Crippen LogP contribution in [0.4, 0.5) is 0 Å². The summed E-state index contributed by atoms with van der Waals surface area (Å²) in [7, 11) is 0. The second-order valence-corrected chi connectivity index (χ2v) is 11.0. The zero-order valence-electron chi connectivity index (χ0n) is 20.7. The Morgan fingerprint density at radius 2 is 1.77 bits per heavy atom. The molecule has 0 radical (unpaired) electrons. The highest BCUT2D eigenvalue weighted by atomic mass is 16.5. The number of hydrogen-bond donors (Lipinski definition) is 2. The molecule has 0 aromatic carbocycles. The summed E-state index contributed by atoms with van der Waals surface area (Å²) >= 11 is 0. The van der Waals surface area contributed by atoms with E-state index in [0.717, 1.165) is 71.2 Å². The number of hydrogen-bond acceptors (Lipinski definition) is 4. The van der Waals surface area contributed by atoms with Crippen molar-refractivity contribution in [2.24, 2.45) is 16.7 Å². The van der Waals surface area contributed by atoms with Crippen molar-refractivity contribution in [1.29, 1.82) is 0 Å². The van der Waals surface area contributed by atoms with Crippen molar-refractivity contribution < 1.29 is 14.3 Å². The predicted molar refractivity (Wildman–Crippen MR) is 126 cm³/mol. The van der Waals surface area contributed by atoms with Gasteiger partial charge in [0.05, 0.1) is 5.41 Å². The van der Waals surface area contributed by atoms with Crippen LogP contribution in [0.5, 0.6) is 0 Å². The van der Waals surface area contributed by atoms with Crippen molar-refractivity contribution in [3.05, 3.63) is 0 Å². The minimum Gasteiger partial charge on any atom is -0.381 e. The van der Waals surface area contributed by atoms with Crippen LogP contribution in [0.1, 0.15) is 86.0 Å². The Balaban J connectivity index is 2.11. The van der Waals surface area contributed by atoms with E-state index in [4.69, 9.17) is 4.74 Å². The highest BCUT2D eigenvalue weighted by Crippen LogP contribution is 2.38. The van der Waals surface area contributed by atoms with Crippen molar-refractivity contribution in [3.8, 4) is 0 Å². The summed E-state index contributed by atoms with van der Waals surface area (Å²) in [6.45, 7) is 16.0. The molecule has 2 atom stereocenters. The maximum Gasteiger partial charge on any atom is 0.242 e. The zero-order valence-corrected chi connectivity index (χ0v) is 20.7. The lowest BCUT2D eigenvalue weighted by Crippen LogP contribution is -2.56. The van der Waals surface area contributed by atoms with E-state index in [-0.39, 0.29) is 23.1 Å². The molecule has 0 aliphatic carbocycles. The van der Waals surface area contributed by atoms with Gasteiger partial charge in [0.2, 0.25) is 11.8 Å². The van der Waals surface area contributed by atoms with Crippen LogP contribution in [-0.2, 0) is 14.3 Å². The fourth-order valence-corrected chi connectivity index (χ4v) is 4.55. The van der Waals surface area contributed by atoms with Gasteiger partial charge < -0.3 is 20.3 Å². The molecule has 1 spiro atoms. The van der Waals surface area contributed by atoms with Gasteiger partial charge in [-0.1, -0.05) is 47.5 Å². The molecular weight excluding hydrogens is 390 g/mol. The molecule has 2 rings (SSSR count). The van der Waals surface area contributed by atoms with Gasteiger partial charge in [-0.25, -0.2) is 0 Å². The maximum absolute atomic E-state index is 13.6. The number of amides is 2.